The zero-order valence-electron chi connectivity index (χ0n) is 16.1. The Labute approximate surface area is 171 Å². The van der Waals surface area contributed by atoms with Gasteiger partial charge in [0.15, 0.2) is 0 Å². The molecule has 0 fully saturated rings. The van der Waals surface area contributed by atoms with Gasteiger partial charge in [0, 0.05) is 11.3 Å². The molecule has 0 spiro atoms. The molecule has 3 aromatic rings. The molecule has 29 heavy (non-hydrogen) atoms. The Kier molecular flexibility index (Phi) is 5.90. The topological polar surface area (TPSA) is 97.0 Å². The second-order valence-electron chi connectivity index (χ2n) is 6.11. The molecule has 0 unspecified atom stereocenters. The van der Waals surface area contributed by atoms with Gasteiger partial charge in [0.1, 0.15) is 16.6 Å². The maximum atomic E-state index is 12.6. The standard InChI is InChI=1S/C21H18N4O3S/c1-13-18(14(2)25(24-13)16-7-5-4-6-8-16)11-15(12-22)19(26)23-20-17(9-10-29-20)21(27)28-3/h4-11H,1-3H3,(H,23,26)/b15-11+. The summed E-state index contributed by atoms with van der Waals surface area (Å²) < 4.78 is 6.47. The number of nitrogens with one attached hydrogen (secondary N) is 1. The zero-order chi connectivity index (χ0) is 21.0. The third kappa shape index (κ3) is 4.10. The lowest BCUT2D eigenvalue weighted by Gasteiger charge is -2.05. The van der Waals surface area contributed by atoms with Crippen LogP contribution in [0.3, 0.4) is 0 Å². The van der Waals surface area contributed by atoms with Gasteiger partial charge in [-0.1, -0.05) is 18.2 Å². The van der Waals surface area contributed by atoms with E-state index in [4.69, 9.17) is 4.74 Å². The van der Waals surface area contributed by atoms with Crippen molar-refractivity contribution in [3.63, 3.8) is 0 Å². The highest BCUT2D eigenvalue weighted by atomic mass is 32.1. The number of carbonyl (C=O) groups excluding carboxylic acids is 2. The van der Waals surface area contributed by atoms with Crippen LogP contribution in [0.2, 0.25) is 0 Å². The predicted molar refractivity (Wildman–Crippen MR) is 111 cm³/mol. The van der Waals surface area contributed by atoms with Gasteiger partial charge in [0.25, 0.3) is 5.91 Å². The summed E-state index contributed by atoms with van der Waals surface area (Å²) in [6, 6.07) is 13.1. The number of para-hydroxylation sites is 1. The summed E-state index contributed by atoms with van der Waals surface area (Å²) in [4.78, 5) is 24.4. The Morgan fingerprint density at radius 2 is 1.97 bits per heavy atom. The number of nitrogens with zero attached hydrogens (tertiary/aromatic N) is 3. The molecule has 1 aromatic carbocycles. The monoisotopic (exact) mass is 406 g/mol. The lowest BCUT2D eigenvalue weighted by Crippen LogP contribution is -2.15. The molecule has 2 heterocycles. The first-order valence-electron chi connectivity index (χ1n) is 8.66. The van der Waals surface area contributed by atoms with Crippen molar-refractivity contribution in [1.82, 2.24) is 9.78 Å². The SMILES string of the molecule is COC(=O)c1ccsc1NC(=O)/C(C#N)=C/c1c(C)nn(-c2ccccc2)c1C. The fraction of sp³-hybridized carbons (Fsp3) is 0.143. The van der Waals surface area contributed by atoms with Gasteiger partial charge in [0.05, 0.1) is 24.1 Å². The first kappa shape index (κ1) is 20.0. The minimum absolute atomic E-state index is 0.0898. The van der Waals surface area contributed by atoms with Crippen LogP contribution in [0, 0.1) is 25.2 Å². The number of aromatic nitrogens is 2. The summed E-state index contributed by atoms with van der Waals surface area (Å²) in [6.07, 6.45) is 1.51. The molecule has 0 radical (unpaired) electrons. The first-order valence-corrected chi connectivity index (χ1v) is 9.54. The average Bonchev–Trinajstić information content (AvgIpc) is 3.30. The van der Waals surface area contributed by atoms with Crippen molar-refractivity contribution >= 4 is 34.3 Å². The Balaban J connectivity index is 1.92. The summed E-state index contributed by atoms with van der Waals surface area (Å²) in [7, 11) is 1.27. The minimum Gasteiger partial charge on any atom is -0.465 e. The van der Waals surface area contributed by atoms with Crippen molar-refractivity contribution in [2.45, 2.75) is 13.8 Å². The number of esters is 1. The van der Waals surface area contributed by atoms with Gasteiger partial charge in [-0.2, -0.15) is 10.4 Å². The summed E-state index contributed by atoms with van der Waals surface area (Å²) in [5.41, 5.74) is 3.23. The van der Waals surface area contributed by atoms with E-state index in [-0.39, 0.29) is 11.1 Å². The van der Waals surface area contributed by atoms with Gasteiger partial charge in [0.2, 0.25) is 0 Å². The molecule has 1 amide bonds. The molecule has 0 saturated carbocycles. The number of amides is 1. The summed E-state index contributed by atoms with van der Waals surface area (Å²) in [6.45, 7) is 3.69. The highest BCUT2D eigenvalue weighted by Crippen LogP contribution is 2.25. The van der Waals surface area contributed by atoms with E-state index in [2.05, 4.69) is 10.4 Å². The fourth-order valence-electron chi connectivity index (χ4n) is 2.82. The number of rotatable bonds is 5. The van der Waals surface area contributed by atoms with Crippen molar-refractivity contribution in [3.05, 3.63) is 69.9 Å². The number of benzene rings is 1. The van der Waals surface area contributed by atoms with Gasteiger partial charge in [-0.15, -0.1) is 11.3 Å². The first-order chi connectivity index (χ1) is 14.0. The number of carbonyl (C=O) groups is 2. The molecule has 146 valence electrons. The van der Waals surface area contributed by atoms with Crippen molar-refractivity contribution in [3.8, 4) is 11.8 Å². The van der Waals surface area contributed by atoms with Gasteiger partial charge < -0.3 is 10.1 Å². The van der Waals surface area contributed by atoms with E-state index < -0.39 is 11.9 Å². The van der Waals surface area contributed by atoms with Gasteiger partial charge in [-0.3, -0.25) is 4.79 Å². The molecule has 2 aromatic heterocycles. The zero-order valence-corrected chi connectivity index (χ0v) is 16.9. The number of anilines is 1. The number of nitriles is 1. The Bertz CT molecular complexity index is 1140. The maximum Gasteiger partial charge on any atom is 0.340 e. The molecular formula is C21H18N4O3S. The van der Waals surface area contributed by atoms with E-state index in [9.17, 15) is 14.9 Å². The lowest BCUT2D eigenvalue weighted by atomic mass is 10.1. The van der Waals surface area contributed by atoms with E-state index in [1.54, 1.807) is 16.1 Å². The van der Waals surface area contributed by atoms with Gasteiger partial charge in [-0.25, -0.2) is 9.48 Å². The average molecular weight is 406 g/mol. The summed E-state index contributed by atoms with van der Waals surface area (Å²) in [5.74, 6) is -1.16. The fourth-order valence-corrected chi connectivity index (χ4v) is 3.59. The molecular weight excluding hydrogens is 388 g/mol. The van der Waals surface area contributed by atoms with Crippen LogP contribution in [0.25, 0.3) is 11.8 Å². The quantitative estimate of drug-likeness (QED) is 0.394. The number of thiophene rings is 1. The van der Waals surface area contributed by atoms with E-state index in [1.807, 2.05) is 50.2 Å². The Hall–Kier alpha value is -3.70. The number of aryl methyl sites for hydroxylation is 1. The molecule has 0 aliphatic rings. The van der Waals surface area contributed by atoms with Crippen molar-refractivity contribution < 1.29 is 14.3 Å². The molecule has 1 N–H and O–H groups in total. The molecule has 0 atom stereocenters. The molecule has 0 bridgehead atoms. The second-order valence-corrected chi connectivity index (χ2v) is 7.03. The van der Waals surface area contributed by atoms with Crippen LogP contribution < -0.4 is 5.32 Å². The molecule has 0 saturated heterocycles. The van der Waals surface area contributed by atoms with Crippen molar-refractivity contribution in [2.75, 3.05) is 12.4 Å². The highest BCUT2D eigenvalue weighted by molar-refractivity contribution is 7.14. The Morgan fingerprint density at radius 1 is 1.24 bits per heavy atom. The van der Waals surface area contributed by atoms with E-state index in [1.165, 1.54) is 24.5 Å². The van der Waals surface area contributed by atoms with Crippen LogP contribution in [0.15, 0.2) is 47.4 Å². The van der Waals surface area contributed by atoms with E-state index >= 15 is 0 Å². The van der Waals surface area contributed by atoms with Crippen LogP contribution in [0.5, 0.6) is 0 Å². The van der Waals surface area contributed by atoms with E-state index in [0.29, 0.717) is 16.3 Å². The Morgan fingerprint density at radius 3 is 2.62 bits per heavy atom. The number of hydrogen-bond donors (Lipinski definition) is 1. The van der Waals surface area contributed by atoms with Gasteiger partial charge in [-0.05, 0) is 43.5 Å². The van der Waals surface area contributed by atoms with Crippen LogP contribution in [0.4, 0.5) is 5.00 Å². The third-order valence-electron chi connectivity index (χ3n) is 4.30. The van der Waals surface area contributed by atoms with Crippen LogP contribution in [-0.2, 0) is 9.53 Å². The number of methoxy groups -OCH3 is 1. The molecule has 0 aliphatic heterocycles. The minimum atomic E-state index is -0.605. The molecule has 3 rings (SSSR count). The number of hydrogen-bond acceptors (Lipinski definition) is 6. The third-order valence-corrected chi connectivity index (χ3v) is 5.13. The second kappa shape index (κ2) is 8.54. The van der Waals surface area contributed by atoms with E-state index in [0.717, 1.165) is 11.4 Å². The van der Waals surface area contributed by atoms with Gasteiger partial charge >= 0.3 is 5.97 Å². The normalized spacial score (nSPS) is 11.0. The molecule has 0 aliphatic carbocycles. The van der Waals surface area contributed by atoms with Crippen molar-refractivity contribution in [1.29, 1.82) is 5.26 Å². The molecule has 7 nitrogen and oxygen atoms in total. The summed E-state index contributed by atoms with van der Waals surface area (Å²) >= 11 is 1.18. The number of ether oxygens (including phenoxy) is 1. The predicted octanol–water partition coefficient (Wildman–Crippen LogP) is 3.88. The smallest absolute Gasteiger partial charge is 0.340 e. The summed E-state index contributed by atoms with van der Waals surface area (Å²) in [5, 5.41) is 18.7. The highest BCUT2D eigenvalue weighted by Gasteiger charge is 2.19. The van der Waals surface area contributed by atoms with Crippen LogP contribution in [-0.4, -0.2) is 28.8 Å². The lowest BCUT2D eigenvalue weighted by molar-refractivity contribution is -0.112. The largest absolute Gasteiger partial charge is 0.465 e. The molecule has 8 heteroatoms. The van der Waals surface area contributed by atoms with Crippen LogP contribution in [0.1, 0.15) is 27.3 Å². The maximum absolute atomic E-state index is 12.6. The van der Waals surface area contributed by atoms with Crippen LogP contribution >= 0.6 is 11.3 Å². The van der Waals surface area contributed by atoms with Crippen molar-refractivity contribution in [2.24, 2.45) is 0 Å².